The lowest BCUT2D eigenvalue weighted by Crippen LogP contribution is -2.28. The monoisotopic (exact) mass is 644 g/mol. The van der Waals surface area contributed by atoms with Crippen molar-refractivity contribution in [3.63, 3.8) is 0 Å². The van der Waals surface area contributed by atoms with Gasteiger partial charge in [-0.3, -0.25) is 9.00 Å². The van der Waals surface area contributed by atoms with Crippen molar-refractivity contribution in [1.82, 2.24) is 4.57 Å². The van der Waals surface area contributed by atoms with Crippen molar-refractivity contribution in [2.24, 2.45) is 0 Å². The molecule has 1 atom stereocenters. The largest absolute Gasteiger partial charge is 0.417 e. The second-order valence-electron chi connectivity index (χ2n) is 9.37. The molecular weight excluding hydrogens is 624 g/mol. The predicted molar refractivity (Wildman–Crippen MR) is 146 cm³/mol. The number of thiophene rings is 1. The molecule has 0 aliphatic rings. The number of nitrogens with zero attached hydrogens (tertiary/aromatic N) is 2. The lowest BCUT2D eigenvalue weighted by molar-refractivity contribution is -0.138. The quantitative estimate of drug-likeness (QED) is 0.181. The zero-order chi connectivity index (χ0) is 31.7. The first-order valence-electron chi connectivity index (χ1n) is 12.5. The predicted octanol–water partition coefficient (Wildman–Crippen LogP) is 8.39. The van der Waals surface area contributed by atoms with Crippen molar-refractivity contribution in [3.05, 3.63) is 98.8 Å². The van der Waals surface area contributed by atoms with Crippen LogP contribution in [-0.4, -0.2) is 14.5 Å². The van der Waals surface area contributed by atoms with Gasteiger partial charge < -0.3 is 4.57 Å². The average molecular weight is 645 g/mol. The highest BCUT2D eigenvalue weighted by Crippen LogP contribution is 2.40. The van der Waals surface area contributed by atoms with Crippen molar-refractivity contribution in [1.29, 1.82) is 5.26 Å². The molecule has 4 rings (SSSR count). The summed E-state index contributed by atoms with van der Waals surface area (Å²) in [6.45, 7) is 1.16. The second kappa shape index (κ2) is 12.4. The summed E-state index contributed by atoms with van der Waals surface area (Å²) in [5.41, 5.74) is -5.91. The fraction of sp³-hybridized carbons (Fsp3) is 0.241. The molecule has 0 spiro atoms. The Hall–Kier alpha value is -3.83. The van der Waals surface area contributed by atoms with Gasteiger partial charge in [0.25, 0.3) is 5.56 Å². The van der Waals surface area contributed by atoms with E-state index >= 15 is 0 Å². The van der Waals surface area contributed by atoms with Crippen LogP contribution in [0.2, 0.25) is 0 Å². The molecule has 226 valence electrons. The number of alkyl halides is 6. The Labute approximate surface area is 246 Å². The molecule has 0 bridgehead atoms. The van der Waals surface area contributed by atoms with E-state index < -0.39 is 69.3 Å². The van der Waals surface area contributed by atoms with Crippen LogP contribution < -0.4 is 5.56 Å². The molecule has 2 aromatic carbocycles. The van der Waals surface area contributed by atoms with Gasteiger partial charge in [-0.15, -0.1) is 11.3 Å². The molecular formula is C29H20F8N2O2S2. The van der Waals surface area contributed by atoms with Crippen LogP contribution in [0.25, 0.3) is 21.0 Å². The maximum absolute atomic E-state index is 14.5. The number of nitriles is 1. The smallest absolute Gasteiger partial charge is 0.302 e. The Kier molecular flexibility index (Phi) is 9.27. The molecule has 43 heavy (non-hydrogen) atoms. The minimum absolute atomic E-state index is 0.00547. The van der Waals surface area contributed by atoms with E-state index in [1.165, 1.54) is 24.3 Å². The highest BCUT2D eigenvalue weighted by Gasteiger charge is 2.37. The third-order valence-electron chi connectivity index (χ3n) is 6.38. The van der Waals surface area contributed by atoms with Crippen LogP contribution in [0, 0.1) is 23.0 Å². The van der Waals surface area contributed by atoms with Crippen LogP contribution >= 0.6 is 11.3 Å². The van der Waals surface area contributed by atoms with E-state index in [0.29, 0.717) is 25.0 Å². The SMILES string of the molecule is CCCCS(=O)c1cc(-c2ccc(-c3cc(C(F)(F)F)c(C#N)c(=O)n3Cc3ccc(F)cc3F)s2)cc(C(F)(F)F)c1. The molecule has 4 nitrogen and oxygen atoms in total. The summed E-state index contributed by atoms with van der Waals surface area (Å²) in [6, 6.07) is 9.68. The van der Waals surface area contributed by atoms with Crippen LogP contribution in [0.5, 0.6) is 0 Å². The van der Waals surface area contributed by atoms with Crippen LogP contribution in [0.3, 0.4) is 0 Å². The lowest BCUT2D eigenvalue weighted by atomic mass is 10.1. The Balaban J connectivity index is 1.92. The Morgan fingerprint density at radius 3 is 2.23 bits per heavy atom. The summed E-state index contributed by atoms with van der Waals surface area (Å²) < 4.78 is 124. The molecule has 0 aliphatic carbocycles. The number of benzene rings is 2. The number of pyridine rings is 1. The van der Waals surface area contributed by atoms with Crippen molar-refractivity contribution in [3.8, 4) is 27.1 Å². The molecule has 4 aromatic rings. The van der Waals surface area contributed by atoms with E-state index in [2.05, 4.69) is 0 Å². The Bertz CT molecular complexity index is 1800. The second-order valence-corrected chi connectivity index (χ2v) is 12.0. The standard InChI is InChI=1S/C29H20F8N2O2S2/c1-2-3-8-43(41)20-10-17(9-18(11-20)28(32,33)34)25-6-7-26(42-25)24-13-22(29(35,36)37)21(14-38)27(40)39(24)15-16-4-5-19(30)12-23(16)31/h4-7,9-13H,2-3,8,15H2,1H3. The highest BCUT2D eigenvalue weighted by molar-refractivity contribution is 7.85. The van der Waals surface area contributed by atoms with Crippen LogP contribution in [0.15, 0.2) is 64.3 Å². The molecule has 0 fully saturated rings. The molecule has 0 saturated heterocycles. The summed E-state index contributed by atoms with van der Waals surface area (Å²) in [6.07, 6.45) is -8.74. The zero-order valence-corrected chi connectivity index (χ0v) is 23.7. The lowest BCUT2D eigenvalue weighted by Gasteiger charge is -2.17. The van der Waals surface area contributed by atoms with Gasteiger partial charge in [-0.05, 0) is 54.4 Å². The number of unbranched alkanes of at least 4 members (excludes halogenated alkanes) is 1. The molecule has 2 heterocycles. The van der Waals surface area contributed by atoms with Gasteiger partial charge in [0.1, 0.15) is 23.3 Å². The Morgan fingerprint density at radius 2 is 1.63 bits per heavy atom. The topological polar surface area (TPSA) is 62.9 Å². The minimum Gasteiger partial charge on any atom is -0.302 e. The summed E-state index contributed by atoms with van der Waals surface area (Å²) in [5.74, 6) is -1.89. The number of aromatic nitrogens is 1. The van der Waals surface area contributed by atoms with Gasteiger partial charge in [0.2, 0.25) is 0 Å². The number of hydrogen-bond acceptors (Lipinski definition) is 4. The van der Waals surface area contributed by atoms with E-state index in [-0.39, 0.29) is 31.5 Å². The maximum Gasteiger partial charge on any atom is 0.417 e. The van der Waals surface area contributed by atoms with Crippen molar-refractivity contribution in [2.75, 3.05) is 5.75 Å². The van der Waals surface area contributed by atoms with Gasteiger partial charge in [-0.2, -0.15) is 31.6 Å². The summed E-state index contributed by atoms with van der Waals surface area (Å²) in [4.78, 5) is 13.2. The molecule has 2 aromatic heterocycles. The molecule has 0 saturated carbocycles. The van der Waals surface area contributed by atoms with Crippen LogP contribution in [0.4, 0.5) is 35.1 Å². The average Bonchev–Trinajstić information content (AvgIpc) is 3.42. The third kappa shape index (κ3) is 7.05. The molecule has 0 radical (unpaired) electrons. The third-order valence-corrected chi connectivity index (χ3v) is 8.96. The number of rotatable bonds is 8. The molecule has 0 amide bonds. The fourth-order valence-electron chi connectivity index (χ4n) is 4.22. The maximum atomic E-state index is 14.5. The molecule has 0 aliphatic heterocycles. The van der Waals surface area contributed by atoms with Crippen molar-refractivity contribution < 1.29 is 39.3 Å². The molecule has 1 unspecified atom stereocenters. The van der Waals surface area contributed by atoms with Crippen LogP contribution in [0.1, 0.15) is 42.0 Å². The highest BCUT2D eigenvalue weighted by atomic mass is 32.2. The van der Waals surface area contributed by atoms with Crippen molar-refractivity contribution in [2.45, 2.75) is 43.6 Å². The summed E-state index contributed by atoms with van der Waals surface area (Å²) in [7, 11) is -1.75. The van der Waals surface area contributed by atoms with E-state index in [9.17, 15) is 49.4 Å². The Morgan fingerprint density at radius 1 is 0.930 bits per heavy atom. The van der Waals surface area contributed by atoms with Crippen molar-refractivity contribution >= 4 is 22.1 Å². The zero-order valence-electron chi connectivity index (χ0n) is 22.1. The van der Waals surface area contributed by atoms with Gasteiger partial charge in [-0.25, -0.2) is 8.78 Å². The van der Waals surface area contributed by atoms with E-state index in [4.69, 9.17) is 0 Å². The molecule has 14 heteroatoms. The van der Waals surface area contributed by atoms with Gasteiger partial charge in [0, 0.05) is 27.2 Å². The minimum atomic E-state index is -5.13. The normalized spacial score (nSPS) is 12.7. The molecule has 0 N–H and O–H groups in total. The van der Waals surface area contributed by atoms with Gasteiger partial charge in [0.15, 0.2) is 0 Å². The van der Waals surface area contributed by atoms with Gasteiger partial charge >= 0.3 is 12.4 Å². The van der Waals surface area contributed by atoms with E-state index in [0.717, 1.165) is 40.2 Å². The first-order chi connectivity index (χ1) is 20.1. The summed E-state index contributed by atoms with van der Waals surface area (Å²) in [5, 5.41) is 9.37. The fourth-order valence-corrected chi connectivity index (χ4v) is 6.54. The summed E-state index contributed by atoms with van der Waals surface area (Å²) >= 11 is 0.740. The number of halogens is 8. The van der Waals surface area contributed by atoms with E-state index in [1.807, 2.05) is 6.92 Å². The van der Waals surface area contributed by atoms with Crippen LogP contribution in [-0.2, 0) is 29.7 Å². The van der Waals surface area contributed by atoms with Gasteiger partial charge in [-0.1, -0.05) is 19.4 Å². The first-order valence-corrected chi connectivity index (χ1v) is 14.7. The van der Waals surface area contributed by atoms with Gasteiger partial charge in [0.05, 0.1) is 39.0 Å². The first kappa shape index (κ1) is 32.1. The van der Waals surface area contributed by atoms with E-state index in [1.54, 1.807) is 0 Å². The number of hydrogen-bond donors (Lipinski definition) is 0.